The summed E-state index contributed by atoms with van der Waals surface area (Å²) < 4.78 is 0. The molecule has 5 atom stereocenters. The molecule has 4 aliphatic carbocycles. The molecular weight excluding hydrogens is 283 g/mol. The van der Waals surface area contributed by atoms with Crippen LogP contribution in [0.4, 0.5) is 0 Å². The van der Waals surface area contributed by atoms with Gasteiger partial charge >= 0.3 is 0 Å². The highest BCUT2D eigenvalue weighted by molar-refractivity contribution is 7.37. The fourth-order valence-electron chi connectivity index (χ4n) is 6.11. The first kappa shape index (κ1) is 17.0. The topological polar surface area (TPSA) is 0 Å². The van der Waals surface area contributed by atoms with Crippen molar-refractivity contribution >= 4 is 8.58 Å². The summed E-state index contributed by atoms with van der Waals surface area (Å²) in [6.07, 6.45) is 9.92. The smallest absolute Gasteiger partial charge is 0.000911 e. The van der Waals surface area contributed by atoms with E-state index in [0.717, 1.165) is 32.0 Å². The molecule has 0 aromatic rings. The maximum Gasteiger partial charge on any atom is 0.000911 e. The average molecular weight is 321 g/mol. The van der Waals surface area contributed by atoms with E-state index in [-0.39, 0.29) is 0 Å². The molecule has 3 saturated carbocycles. The van der Waals surface area contributed by atoms with E-state index < -0.39 is 0 Å². The van der Waals surface area contributed by atoms with E-state index in [9.17, 15) is 0 Å². The molecule has 4 rings (SSSR count). The molecule has 0 radical (unpaired) electrons. The van der Waals surface area contributed by atoms with Gasteiger partial charge in [0, 0.05) is 5.41 Å². The van der Waals surface area contributed by atoms with Crippen molar-refractivity contribution < 1.29 is 0 Å². The molecule has 0 N–H and O–H groups in total. The summed E-state index contributed by atoms with van der Waals surface area (Å²) in [5, 5.41) is 0. The van der Waals surface area contributed by atoms with E-state index >= 15 is 0 Å². The quantitative estimate of drug-likeness (QED) is 0.400. The summed E-state index contributed by atoms with van der Waals surface area (Å²) in [6, 6.07) is 0. The Bertz CT molecular complexity index is 468. The molecule has 1 heteroatoms. The second-order valence-electron chi connectivity index (χ2n) is 9.72. The van der Waals surface area contributed by atoms with Crippen LogP contribution in [0.3, 0.4) is 0 Å². The maximum atomic E-state index is 2.76. The summed E-state index contributed by atoms with van der Waals surface area (Å²) in [5.41, 5.74) is 4.41. The fourth-order valence-corrected chi connectivity index (χ4v) is 6.54. The molecule has 0 heterocycles. The molecule has 0 nitrogen and oxygen atoms in total. The summed E-state index contributed by atoms with van der Waals surface area (Å²) in [5.74, 6) is 2.73. The van der Waals surface area contributed by atoms with E-state index in [2.05, 4.69) is 54.3 Å². The summed E-state index contributed by atoms with van der Waals surface area (Å²) in [4.78, 5) is 0. The largest absolute Gasteiger partial charge is 0.122 e. The van der Waals surface area contributed by atoms with Crippen LogP contribution in [0.1, 0.15) is 73.6 Å². The van der Waals surface area contributed by atoms with E-state index in [1.165, 1.54) is 32.1 Å². The first-order chi connectivity index (χ1) is 10.2. The SMILES string of the molecule is CCC(C)C1CC(C)(C)C2CC3(C2)C(CC(C)PC)=CC13C. The van der Waals surface area contributed by atoms with E-state index in [1.54, 1.807) is 0 Å². The zero-order valence-electron chi connectivity index (χ0n) is 15.9. The molecule has 0 aromatic heterocycles. The maximum absolute atomic E-state index is 2.76. The molecule has 4 aliphatic rings. The van der Waals surface area contributed by atoms with Crippen molar-refractivity contribution in [3.8, 4) is 0 Å². The van der Waals surface area contributed by atoms with Gasteiger partial charge in [-0.25, -0.2) is 0 Å². The highest BCUT2D eigenvalue weighted by atomic mass is 31.1. The molecule has 22 heavy (non-hydrogen) atoms. The van der Waals surface area contributed by atoms with Crippen LogP contribution in [-0.2, 0) is 0 Å². The first-order valence-corrected chi connectivity index (χ1v) is 11.2. The molecule has 3 fully saturated rings. The summed E-state index contributed by atoms with van der Waals surface area (Å²) in [7, 11) is 1.09. The molecule has 5 unspecified atom stereocenters. The Morgan fingerprint density at radius 2 is 1.82 bits per heavy atom. The predicted octanol–water partition coefficient (Wildman–Crippen LogP) is 6.51. The van der Waals surface area contributed by atoms with Gasteiger partial charge in [0.25, 0.3) is 0 Å². The van der Waals surface area contributed by atoms with E-state index in [0.29, 0.717) is 16.2 Å². The van der Waals surface area contributed by atoms with Crippen molar-refractivity contribution in [3.05, 3.63) is 11.6 Å². The zero-order chi connectivity index (χ0) is 16.3. The van der Waals surface area contributed by atoms with Crippen LogP contribution in [0.2, 0.25) is 0 Å². The lowest BCUT2D eigenvalue weighted by Gasteiger charge is -2.67. The molecule has 0 saturated heterocycles. The number of allylic oxidation sites excluding steroid dienone is 2. The standard InChI is InChI=1S/C21H37P/c1-8-14(2)18-13-19(4,5)17-11-21(12-17)16(9-15(3)22-7)10-20(18,21)6/h10,14-15,17-18,22H,8-9,11-13H2,1-7H3. The number of fused-ring (bicyclic) bond motifs is 2. The molecule has 0 aromatic carbocycles. The second-order valence-corrected chi connectivity index (χ2v) is 11.3. The normalized spacial score (nSPS) is 45.3. The van der Waals surface area contributed by atoms with Crippen LogP contribution in [0.25, 0.3) is 0 Å². The van der Waals surface area contributed by atoms with Crippen molar-refractivity contribution in [2.45, 2.75) is 79.3 Å². The first-order valence-electron chi connectivity index (χ1n) is 9.59. The Balaban J connectivity index is 1.94. The monoisotopic (exact) mass is 320 g/mol. The zero-order valence-corrected chi connectivity index (χ0v) is 16.9. The molecule has 1 spiro atoms. The highest BCUT2D eigenvalue weighted by Gasteiger charge is 2.69. The summed E-state index contributed by atoms with van der Waals surface area (Å²) >= 11 is 0. The van der Waals surface area contributed by atoms with Gasteiger partial charge in [0.2, 0.25) is 0 Å². The molecule has 126 valence electrons. The number of rotatable bonds is 5. The third-order valence-corrected chi connectivity index (χ3v) is 9.47. The third-order valence-electron chi connectivity index (χ3n) is 8.28. The van der Waals surface area contributed by atoms with Gasteiger partial charge in [0.05, 0.1) is 0 Å². The lowest BCUT2D eigenvalue weighted by Crippen LogP contribution is -2.58. The van der Waals surface area contributed by atoms with Crippen LogP contribution >= 0.6 is 8.58 Å². The molecule has 0 aliphatic heterocycles. The Labute approximate surface area is 140 Å². The minimum atomic E-state index is 0.499. The third kappa shape index (κ3) is 2.12. The lowest BCUT2D eigenvalue weighted by atomic mass is 9.37. The predicted molar refractivity (Wildman–Crippen MR) is 101 cm³/mol. The van der Waals surface area contributed by atoms with E-state index in [4.69, 9.17) is 0 Å². The minimum absolute atomic E-state index is 0.499. The van der Waals surface area contributed by atoms with Crippen molar-refractivity contribution in [2.24, 2.45) is 34.0 Å². The van der Waals surface area contributed by atoms with Crippen LogP contribution in [0.15, 0.2) is 11.6 Å². The highest BCUT2D eigenvalue weighted by Crippen LogP contribution is 2.78. The minimum Gasteiger partial charge on any atom is -0.122 e. The fraction of sp³-hybridized carbons (Fsp3) is 0.905. The Kier molecular flexibility index (Phi) is 4.13. The lowest BCUT2D eigenvalue weighted by molar-refractivity contribution is -0.0728. The van der Waals surface area contributed by atoms with Crippen LogP contribution in [-0.4, -0.2) is 12.3 Å². The van der Waals surface area contributed by atoms with Gasteiger partial charge in [-0.15, -0.1) is 8.58 Å². The van der Waals surface area contributed by atoms with Gasteiger partial charge < -0.3 is 0 Å². The molecule has 0 amide bonds. The average Bonchev–Trinajstić information content (AvgIpc) is 2.49. The van der Waals surface area contributed by atoms with Gasteiger partial charge in [-0.1, -0.05) is 59.6 Å². The van der Waals surface area contributed by atoms with Gasteiger partial charge in [-0.2, -0.15) is 0 Å². The van der Waals surface area contributed by atoms with Crippen LogP contribution in [0, 0.1) is 34.0 Å². The molecule has 2 bridgehead atoms. The number of hydrogen-bond donors (Lipinski definition) is 0. The second kappa shape index (κ2) is 5.34. The van der Waals surface area contributed by atoms with Crippen molar-refractivity contribution in [1.82, 2.24) is 0 Å². The van der Waals surface area contributed by atoms with Crippen LogP contribution in [0.5, 0.6) is 0 Å². The van der Waals surface area contributed by atoms with Gasteiger partial charge in [-0.05, 0) is 66.6 Å². The Morgan fingerprint density at radius 1 is 1.18 bits per heavy atom. The van der Waals surface area contributed by atoms with Crippen molar-refractivity contribution in [1.29, 1.82) is 0 Å². The van der Waals surface area contributed by atoms with Gasteiger partial charge in [0.1, 0.15) is 0 Å². The molecular formula is C21H37P. The van der Waals surface area contributed by atoms with Gasteiger partial charge in [0.15, 0.2) is 0 Å². The van der Waals surface area contributed by atoms with Crippen molar-refractivity contribution in [3.63, 3.8) is 0 Å². The van der Waals surface area contributed by atoms with Crippen molar-refractivity contribution in [2.75, 3.05) is 6.66 Å². The summed E-state index contributed by atoms with van der Waals surface area (Å²) in [6.45, 7) is 17.5. The number of hydrogen-bond acceptors (Lipinski definition) is 0. The van der Waals surface area contributed by atoms with Gasteiger partial charge in [-0.3, -0.25) is 0 Å². The van der Waals surface area contributed by atoms with Crippen LogP contribution < -0.4 is 0 Å². The Hall–Kier alpha value is 0.170. The Morgan fingerprint density at radius 3 is 2.36 bits per heavy atom. The van der Waals surface area contributed by atoms with E-state index in [1.807, 2.05) is 5.57 Å².